The predicted molar refractivity (Wildman–Crippen MR) is 159 cm³/mol. The van der Waals surface area contributed by atoms with E-state index in [-0.39, 0.29) is 0 Å². The predicted octanol–water partition coefficient (Wildman–Crippen LogP) is 8.72. The number of carboxylic acids is 2. The van der Waals surface area contributed by atoms with Crippen molar-refractivity contribution in [1.82, 2.24) is 4.98 Å². The molecule has 0 aliphatic rings. The molecule has 3 rings (SSSR count). The number of anilines is 1. The molecule has 0 atom stereocenters. The summed E-state index contributed by atoms with van der Waals surface area (Å²) >= 11 is 0. The third-order valence-electron chi connectivity index (χ3n) is 3.50. The van der Waals surface area contributed by atoms with Crippen LogP contribution in [-0.2, 0) is 9.59 Å². The molecule has 1 aromatic heterocycles. The Morgan fingerprint density at radius 1 is 0.639 bits per heavy atom. The number of nitrogens with two attached hydrogens (primary N) is 1. The second-order valence-electron chi connectivity index (χ2n) is 5.91. The third kappa shape index (κ3) is 26.8. The Hall–Kier alpha value is -3.41. The number of rotatable bonds is 0. The van der Waals surface area contributed by atoms with Gasteiger partial charge in [0.2, 0.25) is 0 Å². The van der Waals surface area contributed by atoms with Gasteiger partial charge in [-0.3, -0.25) is 14.6 Å². The summed E-state index contributed by atoms with van der Waals surface area (Å²) in [6.45, 7) is 24.5. The monoisotopic (exact) mass is 504 g/mol. The molecule has 2 aromatic carbocycles. The van der Waals surface area contributed by atoms with Gasteiger partial charge in [-0.05, 0) is 50.1 Å². The SMILES string of the molecule is CC.CC.CC.CC.CC(=O)O.CC(=O)O.Cc1nc2ccccc2c(C)c1C.Nc1ccccc1. The summed E-state index contributed by atoms with van der Waals surface area (Å²) in [4.78, 5) is 22.5. The zero-order valence-electron chi connectivity index (χ0n) is 24.9. The van der Waals surface area contributed by atoms with Crippen molar-refractivity contribution in [3.63, 3.8) is 0 Å². The summed E-state index contributed by atoms with van der Waals surface area (Å²) in [6, 6.07) is 17.8. The number of aliphatic carboxylic acids is 2. The highest BCUT2D eigenvalue weighted by Gasteiger charge is 2.03. The molecule has 6 heteroatoms. The van der Waals surface area contributed by atoms with E-state index in [4.69, 9.17) is 25.5 Å². The summed E-state index contributed by atoms with van der Waals surface area (Å²) in [5.74, 6) is -1.67. The Labute approximate surface area is 220 Å². The zero-order valence-corrected chi connectivity index (χ0v) is 24.9. The van der Waals surface area contributed by atoms with Crippen molar-refractivity contribution in [2.24, 2.45) is 0 Å². The minimum absolute atomic E-state index is 0.822. The quantitative estimate of drug-likeness (QED) is 0.264. The second kappa shape index (κ2) is 31.6. The topological polar surface area (TPSA) is 114 Å². The molecule has 0 aliphatic carbocycles. The first kappa shape index (κ1) is 42.7. The summed E-state index contributed by atoms with van der Waals surface area (Å²) in [6.07, 6.45) is 0. The van der Waals surface area contributed by atoms with Crippen LogP contribution >= 0.6 is 0 Å². The van der Waals surface area contributed by atoms with E-state index in [9.17, 15) is 0 Å². The molecule has 0 fully saturated rings. The Morgan fingerprint density at radius 2 is 0.972 bits per heavy atom. The van der Waals surface area contributed by atoms with Crippen LogP contribution in [0.5, 0.6) is 0 Å². The maximum Gasteiger partial charge on any atom is 0.300 e. The van der Waals surface area contributed by atoms with Gasteiger partial charge in [0.1, 0.15) is 0 Å². The standard InChI is InChI=1S/C12H13N.C6H7N.2C2H4O2.4C2H6/c1-8-9(2)11-6-4-5-7-12(11)13-10(8)3;7-6-4-2-1-3-5-6;2*1-2(3)4;4*1-2/h4-7H,1-3H3;1-5H,7H2;2*1H3,(H,3,4);4*1-2H3. The van der Waals surface area contributed by atoms with Crippen LogP contribution in [0.3, 0.4) is 0 Å². The van der Waals surface area contributed by atoms with E-state index >= 15 is 0 Å². The van der Waals surface area contributed by atoms with Crippen molar-refractivity contribution in [1.29, 1.82) is 0 Å². The van der Waals surface area contributed by atoms with Crippen LogP contribution in [-0.4, -0.2) is 27.1 Å². The normalized spacial score (nSPS) is 7.58. The van der Waals surface area contributed by atoms with Crippen LogP contribution < -0.4 is 5.73 Å². The first-order chi connectivity index (χ1) is 17.1. The lowest BCUT2D eigenvalue weighted by Gasteiger charge is -2.07. The number of aromatic nitrogens is 1. The van der Waals surface area contributed by atoms with Gasteiger partial charge in [-0.15, -0.1) is 0 Å². The summed E-state index contributed by atoms with van der Waals surface area (Å²) in [5, 5.41) is 16.1. The largest absolute Gasteiger partial charge is 0.481 e. The minimum Gasteiger partial charge on any atom is -0.481 e. The van der Waals surface area contributed by atoms with Crippen molar-refractivity contribution in [2.75, 3.05) is 5.73 Å². The van der Waals surface area contributed by atoms with E-state index < -0.39 is 11.9 Å². The van der Waals surface area contributed by atoms with E-state index in [1.807, 2.05) is 91.8 Å². The number of fused-ring (bicyclic) bond motifs is 1. The van der Waals surface area contributed by atoms with Crippen LogP contribution in [0.2, 0.25) is 0 Å². The first-order valence-corrected chi connectivity index (χ1v) is 12.6. The maximum absolute atomic E-state index is 9.00. The summed E-state index contributed by atoms with van der Waals surface area (Å²) in [7, 11) is 0. The number of benzene rings is 2. The fourth-order valence-electron chi connectivity index (χ4n) is 2.08. The summed E-state index contributed by atoms with van der Waals surface area (Å²) < 4.78 is 0. The molecule has 206 valence electrons. The molecule has 0 unspecified atom stereocenters. The number of hydrogen-bond acceptors (Lipinski definition) is 4. The van der Waals surface area contributed by atoms with E-state index in [1.54, 1.807) is 0 Å². The number of carboxylic acid groups (broad SMARTS) is 2. The van der Waals surface area contributed by atoms with E-state index in [0.29, 0.717) is 0 Å². The van der Waals surface area contributed by atoms with Crippen molar-refractivity contribution >= 4 is 28.5 Å². The highest BCUT2D eigenvalue weighted by Crippen LogP contribution is 2.21. The maximum atomic E-state index is 9.00. The lowest BCUT2D eigenvalue weighted by atomic mass is 10.0. The first-order valence-electron chi connectivity index (χ1n) is 12.6. The van der Waals surface area contributed by atoms with Crippen LogP contribution in [0.25, 0.3) is 10.9 Å². The van der Waals surface area contributed by atoms with Crippen molar-refractivity contribution in [2.45, 2.75) is 90.0 Å². The van der Waals surface area contributed by atoms with Gasteiger partial charge in [-0.2, -0.15) is 0 Å². The molecule has 1 heterocycles. The van der Waals surface area contributed by atoms with Gasteiger partial charge in [0.25, 0.3) is 11.9 Å². The van der Waals surface area contributed by atoms with Gasteiger partial charge in [0.15, 0.2) is 0 Å². The number of nitrogen functional groups attached to an aromatic ring is 1. The molecule has 0 saturated carbocycles. The van der Waals surface area contributed by atoms with Gasteiger partial charge < -0.3 is 15.9 Å². The van der Waals surface area contributed by atoms with Gasteiger partial charge in [-0.1, -0.05) is 91.8 Å². The number of hydrogen-bond donors (Lipinski definition) is 3. The lowest BCUT2D eigenvalue weighted by Crippen LogP contribution is -1.92. The Balaban J connectivity index is -0.000000119. The van der Waals surface area contributed by atoms with Gasteiger partial charge in [-0.25, -0.2) is 0 Å². The van der Waals surface area contributed by atoms with Gasteiger partial charge in [0.05, 0.1) is 5.52 Å². The number of para-hydroxylation sites is 2. The number of nitrogens with zero attached hydrogens (tertiary/aromatic N) is 1. The molecule has 6 nitrogen and oxygen atoms in total. The molecule has 0 amide bonds. The highest BCUT2D eigenvalue weighted by molar-refractivity contribution is 5.83. The van der Waals surface area contributed by atoms with E-state index in [2.05, 4.69) is 44.0 Å². The molecule has 0 spiro atoms. The molecular formula is C30H52N2O4. The molecule has 0 saturated heterocycles. The minimum atomic E-state index is -0.833. The second-order valence-corrected chi connectivity index (χ2v) is 5.91. The van der Waals surface area contributed by atoms with Crippen molar-refractivity contribution in [3.8, 4) is 0 Å². The fraction of sp³-hybridized carbons (Fsp3) is 0.433. The lowest BCUT2D eigenvalue weighted by molar-refractivity contribution is -0.135. The number of carbonyl (C=O) groups is 2. The Bertz CT molecular complexity index is 876. The fourth-order valence-corrected chi connectivity index (χ4v) is 2.08. The molecule has 0 aliphatic heterocycles. The molecule has 3 aromatic rings. The average molecular weight is 505 g/mol. The Kier molecular flexibility index (Phi) is 37.5. The van der Waals surface area contributed by atoms with Crippen LogP contribution in [0.15, 0.2) is 54.6 Å². The van der Waals surface area contributed by atoms with Crippen molar-refractivity contribution < 1.29 is 19.8 Å². The number of pyridine rings is 1. The van der Waals surface area contributed by atoms with Gasteiger partial charge >= 0.3 is 0 Å². The smallest absolute Gasteiger partial charge is 0.300 e. The zero-order chi connectivity index (χ0) is 29.7. The van der Waals surface area contributed by atoms with Crippen LogP contribution in [0.1, 0.15) is 86.1 Å². The third-order valence-corrected chi connectivity index (χ3v) is 3.50. The van der Waals surface area contributed by atoms with Crippen molar-refractivity contribution in [3.05, 3.63) is 71.4 Å². The van der Waals surface area contributed by atoms with E-state index in [1.165, 1.54) is 16.5 Å². The molecular weight excluding hydrogens is 452 g/mol. The van der Waals surface area contributed by atoms with Crippen LogP contribution in [0.4, 0.5) is 5.69 Å². The highest BCUT2D eigenvalue weighted by atomic mass is 16.4. The Morgan fingerprint density at radius 3 is 1.31 bits per heavy atom. The van der Waals surface area contributed by atoms with E-state index in [0.717, 1.165) is 30.7 Å². The van der Waals surface area contributed by atoms with Crippen LogP contribution in [0, 0.1) is 20.8 Å². The summed E-state index contributed by atoms with van der Waals surface area (Å²) in [5.41, 5.74) is 11.1. The number of aryl methyl sites for hydroxylation is 2. The van der Waals surface area contributed by atoms with Gasteiger partial charge in [0, 0.05) is 30.6 Å². The molecule has 0 radical (unpaired) electrons. The molecule has 0 bridgehead atoms. The molecule has 36 heavy (non-hydrogen) atoms. The molecule has 4 N–H and O–H groups in total. The average Bonchev–Trinajstić information content (AvgIpc) is 2.88.